The van der Waals surface area contributed by atoms with Crippen molar-refractivity contribution in [1.29, 1.82) is 0 Å². The van der Waals surface area contributed by atoms with E-state index in [0.717, 1.165) is 14.8 Å². The number of hydrogen-bond donors (Lipinski definition) is 1. The van der Waals surface area contributed by atoms with Gasteiger partial charge < -0.3 is 24.2 Å². The molecule has 2 aliphatic heterocycles. The van der Waals surface area contributed by atoms with Crippen molar-refractivity contribution in [2.24, 2.45) is 0 Å². The molecule has 8 heteroatoms. The average molecular weight is 523 g/mol. The fourth-order valence-corrected chi connectivity index (χ4v) is 4.11. The van der Waals surface area contributed by atoms with Gasteiger partial charge in [0.25, 0.3) is 0 Å². The topological polar surface area (TPSA) is 85.3 Å². The van der Waals surface area contributed by atoms with Crippen molar-refractivity contribution in [3.63, 3.8) is 0 Å². The number of carbonyl (C=O) groups excluding carboxylic acids is 2. The minimum Gasteiger partial charge on any atom is -0.467 e. The number of amides is 1. The summed E-state index contributed by atoms with van der Waals surface area (Å²) in [5, 5.41) is 10.0. The van der Waals surface area contributed by atoms with Crippen LogP contribution >= 0.6 is 22.6 Å². The van der Waals surface area contributed by atoms with Gasteiger partial charge in [-0.3, -0.25) is 4.79 Å². The van der Waals surface area contributed by atoms with Crippen molar-refractivity contribution < 1.29 is 28.9 Å². The van der Waals surface area contributed by atoms with E-state index in [4.69, 9.17) is 14.2 Å². The van der Waals surface area contributed by atoms with Crippen LogP contribution in [0.25, 0.3) is 0 Å². The van der Waals surface area contributed by atoms with Crippen LogP contribution in [0.3, 0.4) is 0 Å². The number of rotatable bonds is 5. The number of hydrogen-bond acceptors (Lipinski definition) is 6. The summed E-state index contributed by atoms with van der Waals surface area (Å²) in [5.74, 6) is 0.135. The standard InChI is InChI=1S/C22H22INO6/c1-28-22(27)19-10-16(25)11-21(30-19)29-17-8-2-13(3-9-17)18-12-20(26)24(18)15-6-4-14(23)5-7-15/h2-9,16,18-19,21,25H,10-12H2,1H3/t16-,18-,19-,21?/m0/s1. The lowest BCUT2D eigenvalue weighted by molar-refractivity contribution is -0.197. The Morgan fingerprint density at radius 2 is 1.83 bits per heavy atom. The number of benzene rings is 2. The first kappa shape index (κ1) is 21.1. The number of aliphatic hydroxyl groups excluding tert-OH is 1. The fraction of sp³-hybridized carbons (Fsp3) is 0.364. The van der Waals surface area contributed by atoms with E-state index in [2.05, 4.69) is 22.6 Å². The van der Waals surface area contributed by atoms with Crippen LogP contribution in [0.5, 0.6) is 5.75 Å². The molecule has 2 aliphatic rings. The lowest BCUT2D eigenvalue weighted by atomic mass is 9.93. The number of anilines is 1. The predicted molar refractivity (Wildman–Crippen MR) is 117 cm³/mol. The molecule has 0 aromatic heterocycles. The minimum atomic E-state index is -0.841. The van der Waals surface area contributed by atoms with E-state index >= 15 is 0 Å². The van der Waals surface area contributed by atoms with Gasteiger partial charge in [0.15, 0.2) is 6.10 Å². The summed E-state index contributed by atoms with van der Waals surface area (Å²) in [7, 11) is 1.28. The largest absolute Gasteiger partial charge is 0.467 e. The molecular formula is C22H22INO6. The molecule has 0 spiro atoms. The summed E-state index contributed by atoms with van der Waals surface area (Å²) >= 11 is 2.24. The van der Waals surface area contributed by atoms with E-state index in [1.807, 2.05) is 48.5 Å². The average Bonchev–Trinajstić information content (AvgIpc) is 2.73. The molecule has 2 aromatic rings. The molecule has 0 bridgehead atoms. The van der Waals surface area contributed by atoms with E-state index in [1.54, 1.807) is 4.90 Å². The molecule has 7 nitrogen and oxygen atoms in total. The normalized spacial score (nSPS) is 26.1. The third kappa shape index (κ3) is 4.45. The number of ether oxygens (including phenoxy) is 3. The molecule has 0 aliphatic carbocycles. The van der Waals surface area contributed by atoms with Crippen molar-refractivity contribution in [2.45, 2.75) is 43.8 Å². The Bertz CT molecular complexity index is 916. The van der Waals surface area contributed by atoms with Crippen LogP contribution in [0.4, 0.5) is 5.69 Å². The highest BCUT2D eigenvalue weighted by Crippen LogP contribution is 2.39. The summed E-state index contributed by atoms with van der Waals surface area (Å²) < 4.78 is 17.2. The number of methoxy groups -OCH3 is 1. The number of nitrogens with zero attached hydrogens (tertiary/aromatic N) is 1. The van der Waals surface area contributed by atoms with Gasteiger partial charge in [0.05, 0.1) is 25.7 Å². The lowest BCUT2D eigenvalue weighted by Gasteiger charge is -2.41. The van der Waals surface area contributed by atoms with Crippen molar-refractivity contribution in [1.82, 2.24) is 0 Å². The molecule has 2 heterocycles. The Hall–Kier alpha value is -2.17. The van der Waals surface area contributed by atoms with E-state index in [0.29, 0.717) is 12.2 Å². The van der Waals surface area contributed by atoms with Gasteiger partial charge in [-0.2, -0.15) is 0 Å². The molecule has 0 radical (unpaired) electrons. The first-order valence-electron chi connectivity index (χ1n) is 9.70. The lowest BCUT2D eigenvalue weighted by Crippen LogP contribution is -2.46. The summed E-state index contributed by atoms with van der Waals surface area (Å²) in [4.78, 5) is 25.7. The predicted octanol–water partition coefficient (Wildman–Crippen LogP) is 3.19. The molecule has 30 heavy (non-hydrogen) atoms. The Kier molecular flexibility index (Phi) is 6.26. The molecule has 0 saturated carbocycles. The number of aliphatic hydroxyl groups is 1. The van der Waals surface area contributed by atoms with Crippen LogP contribution in [0.15, 0.2) is 48.5 Å². The highest BCUT2D eigenvalue weighted by atomic mass is 127. The van der Waals surface area contributed by atoms with Gasteiger partial charge in [-0.1, -0.05) is 12.1 Å². The molecule has 4 rings (SSSR count). The SMILES string of the molecule is COC(=O)[C@@H]1C[C@H](O)CC(Oc2ccc([C@@H]3CC(=O)N3c3ccc(I)cc3)cc2)O1. The van der Waals surface area contributed by atoms with Crippen molar-refractivity contribution >= 4 is 40.2 Å². The summed E-state index contributed by atoms with van der Waals surface area (Å²) in [6.07, 6.45) is -1.35. The quantitative estimate of drug-likeness (QED) is 0.368. The summed E-state index contributed by atoms with van der Waals surface area (Å²) in [5.41, 5.74) is 1.90. The van der Waals surface area contributed by atoms with Crippen molar-refractivity contribution in [2.75, 3.05) is 12.0 Å². The molecule has 158 valence electrons. The molecule has 2 aromatic carbocycles. The molecule has 1 N–H and O–H groups in total. The second-order valence-electron chi connectivity index (χ2n) is 7.35. The van der Waals surface area contributed by atoms with Crippen LogP contribution in [-0.2, 0) is 19.1 Å². The zero-order valence-corrected chi connectivity index (χ0v) is 18.5. The van der Waals surface area contributed by atoms with Gasteiger partial charge in [-0.25, -0.2) is 4.79 Å². The monoisotopic (exact) mass is 523 g/mol. The Morgan fingerprint density at radius 1 is 1.13 bits per heavy atom. The molecule has 1 unspecified atom stereocenters. The minimum absolute atomic E-state index is 0.0110. The maximum absolute atomic E-state index is 12.2. The van der Waals surface area contributed by atoms with Gasteiger partial charge in [-0.05, 0) is 64.6 Å². The number of esters is 1. The number of halogens is 1. The molecular weight excluding hydrogens is 501 g/mol. The smallest absolute Gasteiger partial charge is 0.335 e. The molecule has 2 saturated heterocycles. The first-order chi connectivity index (χ1) is 14.4. The Morgan fingerprint density at radius 3 is 2.47 bits per heavy atom. The second-order valence-corrected chi connectivity index (χ2v) is 8.60. The number of carbonyl (C=O) groups is 2. The van der Waals surface area contributed by atoms with Crippen molar-refractivity contribution in [3.8, 4) is 5.75 Å². The third-order valence-electron chi connectivity index (χ3n) is 5.32. The van der Waals surface area contributed by atoms with E-state index in [9.17, 15) is 14.7 Å². The number of β-lactam (4-membered cyclic amide) rings is 1. The first-order valence-corrected chi connectivity index (χ1v) is 10.8. The molecule has 4 atom stereocenters. The fourth-order valence-electron chi connectivity index (χ4n) is 3.75. The van der Waals surface area contributed by atoms with Crippen LogP contribution < -0.4 is 9.64 Å². The highest BCUT2D eigenvalue weighted by Gasteiger charge is 2.38. The third-order valence-corrected chi connectivity index (χ3v) is 6.04. The van der Waals surface area contributed by atoms with E-state index in [-0.39, 0.29) is 24.8 Å². The molecule has 2 fully saturated rings. The summed E-state index contributed by atoms with van der Waals surface area (Å²) in [6, 6.07) is 15.3. The van der Waals surface area contributed by atoms with E-state index in [1.165, 1.54) is 7.11 Å². The van der Waals surface area contributed by atoms with Gasteiger partial charge in [0.1, 0.15) is 5.75 Å². The van der Waals surface area contributed by atoms with Gasteiger partial charge in [0.2, 0.25) is 12.2 Å². The van der Waals surface area contributed by atoms with Crippen LogP contribution in [0.1, 0.15) is 30.9 Å². The van der Waals surface area contributed by atoms with Crippen LogP contribution in [-0.4, -0.2) is 42.6 Å². The zero-order chi connectivity index (χ0) is 21.3. The van der Waals surface area contributed by atoms with Crippen LogP contribution in [0, 0.1) is 3.57 Å². The van der Waals surface area contributed by atoms with Crippen LogP contribution in [0.2, 0.25) is 0 Å². The second kappa shape index (κ2) is 8.91. The van der Waals surface area contributed by atoms with Gasteiger partial charge in [-0.15, -0.1) is 0 Å². The maximum atomic E-state index is 12.2. The Labute approximate surface area is 188 Å². The van der Waals surface area contributed by atoms with Crippen molar-refractivity contribution in [3.05, 3.63) is 57.7 Å². The summed E-state index contributed by atoms with van der Waals surface area (Å²) in [6.45, 7) is 0. The van der Waals surface area contributed by atoms with Gasteiger partial charge >= 0.3 is 5.97 Å². The van der Waals surface area contributed by atoms with E-state index < -0.39 is 24.5 Å². The molecule has 1 amide bonds. The highest BCUT2D eigenvalue weighted by molar-refractivity contribution is 14.1. The maximum Gasteiger partial charge on any atom is 0.335 e. The zero-order valence-electron chi connectivity index (χ0n) is 16.4. The van der Waals surface area contributed by atoms with Gasteiger partial charge in [0, 0.05) is 22.1 Å². The Balaban J connectivity index is 1.42.